The molecule has 0 saturated carbocycles. The molecule has 3 aromatic heterocycles. The quantitative estimate of drug-likeness (QED) is 0.102. The van der Waals surface area contributed by atoms with Crippen molar-refractivity contribution in [2.75, 3.05) is 22.9 Å². The average molecular weight is 794 g/mol. The summed E-state index contributed by atoms with van der Waals surface area (Å²) in [4.78, 5) is 21.1. The molecule has 2 aliphatic rings. The number of hydrogen-bond acceptors (Lipinski definition) is 6. The molecule has 5 heterocycles. The predicted octanol–water partition coefficient (Wildman–Crippen LogP) is 8.75. The molecule has 9 heteroatoms. The molecule has 0 atom stereocenters. The monoisotopic (exact) mass is 794 g/mol. The molecule has 0 unspecified atom stereocenters. The average Bonchev–Trinajstić information content (AvgIpc) is 3.99. The summed E-state index contributed by atoms with van der Waals surface area (Å²) in [6, 6.07) is 39.4. The van der Waals surface area contributed by atoms with Gasteiger partial charge in [-0.3, -0.25) is 0 Å². The van der Waals surface area contributed by atoms with Crippen LogP contribution in [0.15, 0.2) is 121 Å². The Bertz CT molecular complexity index is 2380. The summed E-state index contributed by atoms with van der Waals surface area (Å²) in [5.41, 5.74) is 40.7. The second-order valence-corrected chi connectivity index (χ2v) is 12.9. The van der Waals surface area contributed by atoms with Crippen molar-refractivity contribution >= 4 is 93.0 Å². The number of fused-ring (bicyclic) bond motifs is 8. The fourth-order valence-corrected chi connectivity index (χ4v) is 6.87. The van der Waals surface area contributed by atoms with Crippen molar-refractivity contribution < 1.29 is 2.85 Å². The van der Waals surface area contributed by atoms with Crippen LogP contribution in [0, 0.1) is 0 Å². The largest absolute Gasteiger partial charge is 4.00 e. The van der Waals surface area contributed by atoms with Crippen LogP contribution < -0.4 is 32.9 Å². The van der Waals surface area contributed by atoms with Gasteiger partial charge in [0.25, 0.3) is 0 Å². The zero-order valence-corrected chi connectivity index (χ0v) is 31.3. The van der Waals surface area contributed by atoms with Gasteiger partial charge in [0.1, 0.15) is 0 Å². The molecule has 0 aliphatic carbocycles. The van der Waals surface area contributed by atoms with Gasteiger partial charge in [-0.05, 0) is 117 Å². The number of nitrogen functional groups attached to an aromatic ring is 4. The van der Waals surface area contributed by atoms with Crippen molar-refractivity contribution in [3.05, 3.63) is 144 Å². The third-order valence-electron chi connectivity index (χ3n) is 9.41. The number of nitrogens with zero attached hydrogens (tertiary/aromatic N) is 4. The molecule has 0 radical (unpaired) electrons. The van der Waals surface area contributed by atoms with Crippen LogP contribution in [0.3, 0.4) is 0 Å². The molecule has 254 valence electrons. The minimum atomic E-state index is 0. The second-order valence-electron chi connectivity index (χ2n) is 12.9. The van der Waals surface area contributed by atoms with Crippen LogP contribution in [0.4, 0.5) is 22.7 Å². The van der Waals surface area contributed by atoms with E-state index in [9.17, 15) is 0 Å². The summed E-state index contributed by atoms with van der Waals surface area (Å²) in [6.45, 7) is 0. The maximum atomic E-state index is 6.13. The number of aromatic nitrogens is 4. The van der Waals surface area contributed by atoms with E-state index in [-0.39, 0.29) is 26.8 Å². The first-order valence-electron chi connectivity index (χ1n) is 16.9. The van der Waals surface area contributed by atoms with Gasteiger partial charge in [0.05, 0.1) is 22.8 Å². The fourth-order valence-electron chi connectivity index (χ4n) is 6.87. The molecule has 0 fully saturated rings. The van der Waals surface area contributed by atoms with Crippen LogP contribution in [0.2, 0.25) is 0 Å². The first-order valence-corrected chi connectivity index (χ1v) is 16.9. The number of hydrogen-bond donors (Lipinski definition) is 4. The molecular weight excluding hydrogens is 759 g/mol. The predicted molar refractivity (Wildman–Crippen MR) is 224 cm³/mol. The molecule has 0 saturated heterocycles. The Morgan fingerprint density at radius 2 is 0.528 bits per heavy atom. The standard InChI is InChI=1S/C44H32N8.Sn.2H/c45-29-9-1-25(2-10-29)41-33-17-19-35(49-33)42(26-3-11-30(46)12-4-26)37-21-23-39(51-37)44(28-7-15-32(48)16-8-28)40-24-22-38(52-40)43(36-20-18-34(41)50-36)27-5-13-31(47)14-6-27;;;/h1-24H,45-48H2;;;/q-2;+4;2*-1. The van der Waals surface area contributed by atoms with Crippen molar-refractivity contribution in [3.8, 4) is 44.5 Å². The van der Waals surface area contributed by atoms with Crippen LogP contribution in [0.25, 0.3) is 90.9 Å². The summed E-state index contributed by atoms with van der Waals surface area (Å²) in [6.07, 6.45) is 8.15. The van der Waals surface area contributed by atoms with Gasteiger partial charge in [-0.1, -0.05) is 72.8 Å². The third kappa shape index (κ3) is 6.23. The Balaban J connectivity index is 0.00000171. The molecular formula is C44H34N8Sn. The zero-order valence-electron chi connectivity index (χ0n) is 30.5. The van der Waals surface area contributed by atoms with E-state index in [4.69, 9.17) is 42.9 Å². The Morgan fingerprint density at radius 1 is 0.321 bits per heavy atom. The van der Waals surface area contributed by atoms with Gasteiger partial charge in [0.2, 0.25) is 0 Å². The Morgan fingerprint density at radius 3 is 0.736 bits per heavy atom. The Labute approximate surface area is 325 Å². The van der Waals surface area contributed by atoms with Crippen molar-refractivity contribution in [3.63, 3.8) is 0 Å². The molecule has 8 N–H and O–H groups in total. The normalized spacial score (nSPS) is 11.8. The Hall–Kier alpha value is -6.52. The van der Waals surface area contributed by atoms with Crippen molar-refractivity contribution in [1.82, 2.24) is 19.9 Å². The fraction of sp³-hybridized carbons (Fsp3) is 0. The minimum absolute atomic E-state index is 0. The zero-order chi connectivity index (χ0) is 35.3. The van der Waals surface area contributed by atoms with E-state index >= 15 is 0 Å². The maximum Gasteiger partial charge on any atom is 4.00 e. The van der Waals surface area contributed by atoms with Crippen molar-refractivity contribution in [2.24, 2.45) is 0 Å². The van der Waals surface area contributed by atoms with Crippen LogP contribution in [-0.2, 0) is 0 Å². The van der Waals surface area contributed by atoms with E-state index in [2.05, 4.69) is 0 Å². The molecule has 53 heavy (non-hydrogen) atoms. The molecule has 4 aromatic carbocycles. The maximum absolute atomic E-state index is 6.13. The van der Waals surface area contributed by atoms with E-state index in [0.29, 0.717) is 22.7 Å². The summed E-state index contributed by atoms with van der Waals surface area (Å²) < 4.78 is 0. The van der Waals surface area contributed by atoms with E-state index in [0.717, 1.165) is 89.4 Å². The van der Waals surface area contributed by atoms with Gasteiger partial charge in [-0.25, -0.2) is 9.97 Å². The number of nitrogens with two attached hydrogens (primary N) is 4. The number of anilines is 4. The summed E-state index contributed by atoms with van der Waals surface area (Å²) in [5.74, 6) is 0. The van der Waals surface area contributed by atoms with Crippen LogP contribution >= 0.6 is 0 Å². The SMILES string of the molecule is Nc1ccc(-c2c3nc(c(-c4ccc(N)cc4)c4ccc([n-]4)c(-c4ccc(N)cc4)c4nc(c(-c5ccc(N)cc5)c5ccc2[n-]5)C=C4)C=C3)cc1.[H-].[H-].[Sn+4]. The molecule has 9 rings (SSSR count). The van der Waals surface area contributed by atoms with Gasteiger partial charge < -0.3 is 35.8 Å². The van der Waals surface area contributed by atoms with Gasteiger partial charge >= 0.3 is 23.9 Å². The van der Waals surface area contributed by atoms with Crippen LogP contribution in [0.5, 0.6) is 0 Å². The number of benzene rings is 4. The van der Waals surface area contributed by atoms with E-state index in [1.165, 1.54) is 0 Å². The number of rotatable bonds is 4. The van der Waals surface area contributed by atoms with Gasteiger partial charge in [0.15, 0.2) is 0 Å². The molecule has 8 bridgehead atoms. The molecule has 7 aromatic rings. The van der Waals surface area contributed by atoms with E-state index in [1.54, 1.807) is 0 Å². The first kappa shape index (κ1) is 33.6. The summed E-state index contributed by atoms with van der Waals surface area (Å²) in [7, 11) is 0. The van der Waals surface area contributed by atoms with Crippen LogP contribution in [-0.4, -0.2) is 33.9 Å². The first-order chi connectivity index (χ1) is 25.4. The second kappa shape index (κ2) is 13.6. The molecule has 2 aliphatic heterocycles. The summed E-state index contributed by atoms with van der Waals surface area (Å²) >= 11 is 0. The smallest absolute Gasteiger partial charge is 1.00 e. The molecule has 0 spiro atoms. The van der Waals surface area contributed by atoms with Crippen molar-refractivity contribution in [2.45, 2.75) is 0 Å². The minimum Gasteiger partial charge on any atom is -1.00 e. The third-order valence-corrected chi connectivity index (χ3v) is 9.41. The molecule has 0 amide bonds. The topological polar surface area (TPSA) is 158 Å². The van der Waals surface area contributed by atoms with Gasteiger partial charge in [-0.15, -0.1) is 22.1 Å². The van der Waals surface area contributed by atoms with Crippen molar-refractivity contribution in [1.29, 1.82) is 0 Å². The van der Waals surface area contributed by atoms with Gasteiger partial charge in [-0.2, -0.15) is 0 Å². The van der Waals surface area contributed by atoms with E-state index < -0.39 is 0 Å². The molecule has 8 nitrogen and oxygen atoms in total. The Kier molecular flexibility index (Phi) is 8.60. The van der Waals surface area contributed by atoms with E-state index in [1.807, 2.05) is 146 Å². The van der Waals surface area contributed by atoms with Crippen LogP contribution in [0.1, 0.15) is 25.6 Å². The van der Waals surface area contributed by atoms with Gasteiger partial charge in [0, 0.05) is 22.7 Å². The summed E-state index contributed by atoms with van der Waals surface area (Å²) in [5, 5.41) is 0.